The van der Waals surface area contributed by atoms with Crippen molar-refractivity contribution in [1.82, 2.24) is 0 Å². The van der Waals surface area contributed by atoms with Gasteiger partial charge in [-0.25, -0.2) is 14.0 Å². The molecule has 0 fully saturated rings. The molecular weight excluding hydrogens is 303 g/mol. The summed E-state index contributed by atoms with van der Waals surface area (Å²) >= 11 is 0. The van der Waals surface area contributed by atoms with Gasteiger partial charge in [-0.15, -0.1) is 0 Å². The number of carboxylic acid groups (broad SMARTS) is 2. The Kier molecular flexibility index (Phi) is 5.30. The maximum atomic E-state index is 13.3. The minimum atomic E-state index is -2.93. The maximum absolute atomic E-state index is 13.3. The highest BCUT2D eigenvalue weighted by Crippen LogP contribution is 2.18. The van der Waals surface area contributed by atoms with E-state index in [9.17, 15) is 28.7 Å². The molecule has 0 spiro atoms. The van der Waals surface area contributed by atoms with Gasteiger partial charge in [-0.05, 0) is 12.1 Å². The molecule has 3 N–H and O–H groups in total. The number of hydrogen-bond donors (Lipinski definition) is 3. The topological polar surface area (TPSA) is 138 Å². The lowest BCUT2D eigenvalue weighted by Crippen LogP contribution is -2.43. The Morgan fingerprint density at radius 2 is 1.68 bits per heavy atom. The van der Waals surface area contributed by atoms with Crippen molar-refractivity contribution in [1.29, 1.82) is 0 Å². The molecule has 0 heterocycles. The van der Waals surface area contributed by atoms with E-state index in [0.29, 0.717) is 0 Å². The summed E-state index contributed by atoms with van der Waals surface area (Å²) in [7, 11) is 0. The van der Waals surface area contributed by atoms with E-state index >= 15 is 0 Å². The SMILES string of the molecule is O=C(O)CC(O)(CC(=O)OC(=O)c1ccccc1F)C(=O)O. The Labute approximate surface area is 122 Å². The van der Waals surface area contributed by atoms with Crippen molar-refractivity contribution in [2.45, 2.75) is 18.4 Å². The molecule has 118 valence electrons. The van der Waals surface area contributed by atoms with Gasteiger partial charge in [0.25, 0.3) is 0 Å². The average molecular weight is 314 g/mol. The van der Waals surface area contributed by atoms with E-state index < -0.39 is 53.7 Å². The van der Waals surface area contributed by atoms with Crippen LogP contribution in [0.1, 0.15) is 23.2 Å². The first-order valence-electron chi connectivity index (χ1n) is 5.83. The maximum Gasteiger partial charge on any atom is 0.348 e. The minimum Gasteiger partial charge on any atom is -0.481 e. The van der Waals surface area contributed by atoms with Crippen molar-refractivity contribution in [3.05, 3.63) is 35.6 Å². The molecule has 8 nitrogen and oxygen atoms in total. The Hall–Kier alpha value is -2.81. The van der Waals surface area contributed by atoms with Crippen LogP contribution < -0.4 is 0 Å². The van der Waals surface area contributed by atoms with E-state index in [2.05, 4.69) is 4.74 Å². The minimum absolute atomic E-state index is 0.562. The fourth-order valence-corrected chi connectivity index (χ4v) is 1.52. The summed E-state index contributed by atoms with van der Waals surface area (Å²) in [6.45, 7) is 0. The van der Waals surface area contributed by atoms with Crippen LogP contribution in [0.2, 0.25) is 0 Å². The number of esters is 2. The zero-order valence-electron chi connectivity index (χ0n) is 11.0. The molecular formula is C13H11FO8. The van der Waals surface area contributed by atoms with E-state index in [-0.39, 0.29) is 0 Å². The molecule has 0 saturated carbocycles. The Morgan fingerprint density at radius 3 is 2.18 bits per heavy atom. The van der Waals surface area contributed by atoms with Crippen LogP contribution in [-0.2, 0) is 19.1 Å². The first kappa shape index (κ1) is 17.2. The van der Waals surface area contributed by atoms with Crippen molar-refractivity contribution >= 4 is 23.9 Å². The number of carboxylic acids is 2. The van der Waals surface area contributed by atoms with Crippen LogP contribution in [0.5, 0.6) is 0 Å². The number of hydrogen-bond acceptors (Lipinski definition) is 6. The van der Waals surface area contributed by atoms with Gasteiger partial charge in [0.05, 0.1) is 18.4 Å². The standard InChI is InChI=1S/C13H11FO8/c14-8-4-2-1-3-7(8)11(18)22-10(17)6-13(21,12(19)20)5-9(15)16/h1-4,21H,5-6H2,(H,15,16)(H,19,20). The fourth-order valence-electron chi connectivity index (χ4n) is 1.52. The third-order valence-corrected chi connectivity index (χ3v) is 2.58. The molecule has 1 rings (SSSR count). The lowest BCUT2D eigenvalue weighted by molar-refractivity contribution is -0.170. The number of rotatable bonds is 6. The van der Waals surface area contributed by atoms with Crippen molar-refractivity contribution in [3.63, 3.8) is 0 Å². The number of ether oxygens (including phenoxy) is 1. The average Bonchev–Trinajstić information content (AvgIpc) is 2.37. The molecule has 0 aliphatic rings. The highest BCUT2D eigenvalue weighted by molar-refractivity contribution is 5.98. The normalized spacial score (nSPS) is 13.0. The van der Waals surface area contributed by atoms with E-state index in [4.69, 9.17) is 10.2 Å². The molecule has 0 amide bonds. The van der Waals surface area contributed by atoms with Gasteiger partial charge < -0.3 is 20.1 Å². The second-order valence-electron chi connectivity index (χ2n) is 4.33. The molecule has 0 aliphatic heterocycles. The first-order valence-corrected chi connectivity index (χ1v) is 5.83. The monoisotopic (exact) mass is 314 g/mol. The van der Waals surface area contributed by atoms with Crippen molar-refractivity contribution in [2.24, 2.45) is 0 Å². The zero-order valence-corrected chi connectivity index (χ0v) is 11.0. The summed E-state index contributed by atoms with van der Waals surface area (Å²) in [6.07, 6.45) is -2.56. The number of halogens is 1. The van der Waals surface area contributed by atoms with Gasteiger partial charge in [-0.3, -0.25) is 9.59 Å². The van der Waals surface area contributed by atoms with Gasteiger partial charge in [0.1, 0.15) is 5.82 Å². The summed E-state index contributed by atoms with van der Waals surface area (Å²) in [4.78, 5) is 44.3. The summed E-state index contributed by atoms with van der Waals surface area (Å²) in [5.74, 6) is -7.48. The molecule has 1 aromatic carbocycles. The number of aliphatic hydroxyl groups is 1. The van der Waals surface area contributed by atoms with Gasteiger partial charge >= 0.3 is 23.9 Å². The van der Waals surface area contributed by atoms with E-state index in [1.54, 1.807) is 0 Å². The van der Waals surface area contributed by atoms with Crippen LogP contribution in [0.4, 0.5) is 4.39 Å². The van der Waals surface area contributed by atoms with Crippen molar-refractivity contribution in [2.75, 3.05) is 0 Å². The molecule has 0 radical (unpaired) electrons. The largest absolute Gasteiger partial charge is 0.481 e. The van der Waals surface area contributed by atoms with E-state index in [1.807, 2.05) is 0 Å². The van der Waals surface area contributed by atoms with Gasteiger partial charge in [0.15, 0.2) is 5.60 Å². The summed E-state index contributed by atoms with van der Waals surface area (Å²) in [5.41, 5.74) is -3.49. The Bertz CT molecular complexity index is 626. The van der Waals surface area contributed by atoms with Gasteiger partial charge in [-0.1, -0.05) is 12.1 Å². The van der Waals surface area contributed by atoms with Crippen LogP contribution in [0.3, 0.4) is 0 Å². The quantitative estimate of drug-likeness (QED) is 0.499. The molecule has 1 unspecified atom stereocenters. The molecule has 1 aromatic rings. The van der Waals surface area contributed by atoms with Crippen molar-refractivity contribution in [3.8, 4) is 0 Å². The smallest absolute Gasteiger partial charge is 0.348 e. The van der Waals surface area contributed by atoms with Crippen LogP contribution in [-0.4, -0.2) is 44.8 Å². The predicted octanol–water partition coefficient (Wildman–Crippen LogP) is 0.190. The lowest BCUT2D eigenvalue weighted by atomic mass is 9.96. The van der Waals surface area contributed by atoms with Crippen LogP contribution in [0.25, 0.3) is 0 Å². The summed E-state index contributed by atoms with van der Waals surface area (Å²) in [5, 5.41) is 26.9. The van der Waals surface area contributed by atoms with E-state index in [1.165, 1.54) is 12.1 Å². The summed E-state index contributed by atoms with van der Waals surface area (Å²) in [6, 6.07) is 4.58. The zero-order chi connectivity index (χ0) is 16.9. The molecule has 0 bridgehead atoms. The van der Waals surface area contributed by atoms with Crippen LogP contribution in [0, 0.1) is 5.82 Å². The second-order valence-corrected chi connectivity index (χ2v) is 4.33. The first-order chi connectivity index (χ1) is 10.2. The number of benzene rings is 1. The second kappa shape index (κ2) is 6.76. The van der Waals surface area contributed by atoms with Crippen molar-refractivity contribution < 1.29 is 43.6 Å². The molecule has 0 saturated heterocycles. The fraction of sp³-hybridized carbons (Fsp3) is 0.231. The third kappa shape index (κ3) is 4.35. The van der Waals surface area contributed by atoms with Gasteiger partial charge in [0, 0.05) is 0 Å². The van der Waals surface area contributed by atoms with Gasteiger partial charge in [-0.2, -0.15) is 0 Å². The Morgan fingerprint density at radius 1 is 1.09 bits per heavy atom. The van der Waals surface area contributed by atoms with E-state index in [0.717, 1.165) is 12.1 Å². The molecule has 9 heteroatoms. The molecule has 22 heavy (non-hydrogen) atoms. The highest BCUT2D eigenvalue weighted by Gasteiger charge is 2.42. The summed E-state index contributed by atoms with van der Waals surface area (Å²) < 4.78 is 17.5. The number of carbonyl (C=O) groups is 4. The van der Waals surface area contributed by atoms with Crippen LogP contribution >= 0.6 is 0 Å². The lowest BCUT2D eigenvalue weighted by Gasteiger charge is -2.19. The molecule has 0 aliphatic carbocycles. The van der Waals surface area contributed by atoms with Crippen LogP contribution in [0.15, 0.2) is 24.3 Å². The number of aliphatic carboxylic acids is 2. The highest BCUT2D eigenvalue weighted by atomic mass is 19.1. The van der Waals surface area contributed by atoms with Gasteiger partial charge in [0.2, 0.25) is 0 Å². The third-order valence-electron chi connectivity index (χ3n) is 2.58. The molecule has 1 atom stereocenters. The number of carbonyl (C=O) groups excluding carboxylic acids is 2. The Balaban J connectivity index is 2.80. The molecule has 0 aromatic heterocycles. The predicted molar refractivity (Wildman–Crippen MR) is 66.3 cm³/mol.